The lowest BCUT2D eigenvalue weighted by molar-refractivity contribution is -0.164. The molecule has 0 amide bonds. The van der Waals surface area contributed by atoms with Crippen molar-refractivity contribution in [1.82, 2.24) is 9.55 Å². The normalized spacial score (nSPS) is 42.5. The lowest BCUT2D eigenvalue weighted by Gasteiger charge is -2.69. The Kier molecular flexibility index (Phi) is 5.80. The maximum atomic E-state index is 14.6. The SMILES string of the molecule is Cc1cn(C(=O)[C@]23CCC(C)(C)CC2C2C(=O)C=C4[C@@]5(C)C=C(C#N)C(=O)C(C)(C)[C@@H]5CC[C@@]4(C)[C@]2(C)CC3)cn1. The summed E-state index contributed by atoms with van der Waals surface area (Å²) in [5.41, 5.74) is -0.253. The van der Waals surface area contributed by atoms with E-state index in [1.165, 1.54) is 0 Å². The average Bonchev–Trinajstić information content (AvgIpc) is 3.33. The summed E-state index contributed by atoms with van der Waals surface area (Å²) in [6.07, 6.45) is 13.2. The van der Waals surface area contributed by atoms with Crippen LogP contribution in [0.5, 0.6) is 0 Å². The Morgan fingerprint density at radius 3 is 2.34 bits per heavy atom. The second-order valence-electron chi connectivity index (χ2n) is 16.1. The van der Waals surface area contributed by atoms with E-state index in [9.17, 15) is 19.6 Å². The highest BCUT2D eigenvalue weighted by Gasteiger charge is 2.71. The van der Waals surface area contributed by atoms with Crippen LogP contribution < -0.4 is 0 Å². The third kappa shape index (κ3) is 3.47. The first-order valence-corrected chi connectivity index (χ1v) is 15.5. The number of rotatable bonds is 1. The molecule has 5 aliphatic carbocycles. The minimum absolute atomic E-state index is 0.0224. The van der Waals surface area contributed by atoms with Crippen LogP contribution >= 0.6 is 0 Å². The number of aromatic nitrogens is 2. The number of hydrogen-bond donors (Lipinski definition) is 0. The van der Waals surface area contributed by atoms with Gasteiger partial charge in [0.1, 0.15) is 12.4 Å². The highest BCUT2D eigenvalue weighted by molar-refractivity contribution is 6.04. The fourth-order valence-corrected chi connectivity index (χ4v) is 10.8. The molecule has 1 aromatic rings. The number of allylic oxidation sites excluding steroid dienone is 4. The molecule has 7 atom stereocenters. The minimum Gasteiger partial charge on any atom is -0.295 e. The van der Waals surface area contributed by atoms with Crippen LogP contribution in [0.15, 0.2) is 35.8 Å². The summed E-state index contributed by atoms with van der Waals surface area (Å²) in [5.74, 6) is -0.145. The Hall–Kier alpha value is -2.81. The Balaban J connectivity index is 1.52. The van der Waals surface area contributed by atoms with Crippen LogP contribution in [0.4, 0.5) is 0 Å². The first-order valence-electron chi connectivity index (χ1n) is 15.5. The third-order valence-electron chi connectivity index (χ3n) is 13.2. The van der Waals surface area contributed by atoms with Gasteiger partial charge < -0.3 is 0 Å². The predicted molar refractivity (Wildman–Crippen MR) is 156 cm³/mol. The summed E-state index contributed by atoms with van der Waals surface area (Å²) in [5, 5.41) is 9.94. The molecule has 6 nitrogen and oxygen atoms in total. The quantitative estimate of drug-likeness (QED) is 0.370. The van der Waals surface area contributed by atoms with Crippen LogP contribution in [-0.2, 0) is 9.59 Å². The number of nitrogens with zero attached hydrogens (tertiary/aromatic N) is 3. The molecule has 3 saturated carbocycles. The standard InChI is InChI=1S/C35H45N3O3/c1-21-19-38(20-37-21)29(41)35-13-11-30(2,3)17-23(35)27-24(39)15-26-32(6)16-22(18-36)28(40)31(4,5)25(32)9-10-33(26,7)34(27,8)12-14-35/h15-16,19-20,23,25,27H,9-14,17H2,1-8H3/t23?,25-,27?,32-,33+,34+,35-/m0/s1. The van der Waals surface area contributed by atoms with E-state index in [0.29, 0.717) is 0 Å². The van der Waals surface area contributed by atoms with E-state index in [4.69, 9.17) is 0 Å². The lowest BCUT2D eigenvalue weighted by atomic mass is 9.34. The number of imidazole rings is 1. The van der Waals surface area contributed by atoms with Gasteiger partial charge in [0.05, 0.1) is 16.7 Å². The number of aryl methyl sites for hydroxylation is 1. The summed E-state index contributed by atoms with van der Waals surface area (Å²) in [4.78, 5) is 46.7. The van der Waals surface area contributed by atoms with Gasteiger partial charge in [-0.25, -0.2) is 4.98 Å². The highest BCUT2D eigenvalue weighted by atomic mass is 16.2. The molecule has 6 rings (SSSR count). The van der Waals surface area contributed by atoms with Crippen molar-refractivity contribution in [3.05, 3.63) is 41.5 Å². The smallest absolute Gasteiger partial charge is 0.238 e. The van der Waals surface area contributed by atoms with Gasteiger partial charge in [0.25, 0.3) is 0 Å². The van der Waals surface area contributed by atoms with Crippen LogP contribution in [-0.4, -0.2) is 27.0 Å². The first-order chi connectivity index (χ1) is 19.0. The van der Waals surface area contributed by atoms with Gasteiger partial charge in [-0.15, -0.1) is 0 Å². The molecule has 6 heteroatoms. The Bertz CT molecular complexity index is 1490. The molecule has 0 N–H and O–H groups in total. The molecule has 3 fully saturated rings. The number of fused-ring (bicyclic) bond motifs is 7. The molecular weight excluding hydrogens is 510 g/mol. The molecule has 1 aromatic heterocycles. The van der Waals surface area contributed by atoms with Gasteiger partial charge in [-0.3, -0.25) is 19.0 Å². The Labute approximate surface area is 244 Å². The fourth-order valence-electron chi connectivity index (χ4n) is 10.8. The molecule has 0 saturated heterocycles. The van der Waals surface area contributed by atoms with E-state index < -0.39 is 16.2 Å². The maximum absolute atomic E-state index is 14.6. The maximum Gasteiger partial charge on any atom is 0.238 e. The molecule has 1 heterocycles. The number of Topliss-reactive ketones (excluding diaryl/α,β-unsaturated/α-hetero) is 1. The molecule has 218 valence electrons. The van der Waals surface area contributed by atoms with Crippen molar-refractivity contribution in [2.24, 2.45) is 50.2 Å². The van der Waals surface area contributed by atoms with Crippen LogP contribution in [0.3, 0.4) is 0 Å². The van der Waals surface area contributed by atoms with E-state index in [1.807, 2.05) is 39.1 Å². The summed E-state index contributed by atoms with van der Waals surface area (Å²) < 4.78 is 1.68. The zero-order chi connectivity index (χ0) is 30.0. The summed E-state index contributed by atoms with van der Waals surface area (Å²) in [6.45, 7) is 17.2. The Morgan fingerprint density at radius 2 is 1.71 bits per heavy atom. The van der Waals surface area contributed by atoms with Crippen LogP contribution in [0.2, 0.25) is 0 Å². The van der Waals surface area contributed by atoms with Crippen LogP contribution in [0.25, 0.3) is 0 Å². The molecular formula is C35H45N3O3. The number of carbonyl (C=O) groups is 3. The van der Waals surface area contributed by atoms with Gasteiger partial charge in [0.2, 0.25) is 5.91 Å². The van der Waals surface area contributed by atoms with Gasteiger partial charge in [-0.2, -0.15) is 5.26 Å². The van der Waals surface area contributed by atoms with Crippen LogP contribution in [0.1, 0.15) is 104 Å². The molecule has 0 bridgehead atoms. The third-order valence-corrected chi connectivity index (χ3v) is 13.2. The van der Waals surface area contributed by atoms with Gasteiger partial charge in [0.15, 0.2) is 11.6 Å². The monoisotopic (exact) mass is 555 g/mol. The molecule has 5 aliphatic rings. The van der Waals surface area contributed by atoms with Crippen molar-refractivity contribution in [1.29, 1.82) is 5.26 Å². The van der Waals surface area contributed by atoms with Gasteiger partial charge >= 0.3 is 0 Å². The van der Waals surface area contributed by atoms with Crippen molar-refractivity contribution in [2.45, 2.75) is 100 Å². The van der Waals surface area contributed by atoms with Crippen LogP contribution in [0, 0.1) is 68.5 Å². The molecule has 2 unspecified atom stereocenters. The van der Waals surface area contributed by atoms with Gasteiger partial charge in [0, 0.05) is 22.9 Å². The minimum atomic E-state index is -0.679. The molecule has 0 aromatic carbocycles. The van der Waals surface area contributed by atoms with Crippen molar-refractivity contribution in [2.75, 3.05) is 0 Å². The first kappa shape index (κ1) is 28.3. The van der Waals surface area contributed by atoms with E-state index in [0.717, 1.165) is 56.2 Å². The van der Waals surface area contributed by atoms with E-state index in [-0.39, 0.29) is 57.0 Å². The second-order valence-corrected chi connectivity index (χ2v) is 16.1. The van der Waals surface area contributed by atoms with Gasteiger partial charge in [-0.05, 0) is 86.0 Å². The highest BCUT2D eigenvalue weighted by Crippen LogP contribution is 2.74. The van der Waals surface area contributed by atoms with Gasteiger partial charge in [-0.1, -0.05) is 60.1 Å². The second kappa shape index (κ2) is 8.39. The van der Waals surface area contributed by atoms with E-state index in [2.05, 4.69) is 45.7 Å². The molecule has 0 spiro atoms. The van der Waals surface area contributed by atoms with Crippen molar-refractivity contribution >= 4 is 17.5 Å². The van der Waals surface area contributed by atoms with Crippen molar-refractivity contribution in [3.63, 3.8) is 0 Å². The largest absolute Gasteiger partial charge is 0.295 e. The molecule has 41 heavy (non-hydrogen) atoms. The molecule has 0 aliphatic heterocycles. The topological polar surface area (TPSA) is 92.8 Å². The number of carbonyl (C=O) groups excluding carboxylic acids is 3. The van der Waals surface area contributed by atoms with Crippen molar-refractivity contribution < 1.29 is 14.4 Å². The zero-order valence-corrected chi connectivity index (χ0v) is 26.1. The predicted octanol–water partition coefficient (Wildman–Crippen LogP) is 7.05. The fraction of sp³-hybridized carbons (Fsp3) is 0.686. The van der Waals surface area contributed by atoms with Crippen molar-refractivity contribution in [3.8, 4) is 6.07 Å². The van der Waals surface area contributed by atoms with E-state index >= 15 is 0 Å². The summed E-state index contributed by atoms with van der Waals surface area (Å²) in [6, 6.07) is 2.19. The lowest BCUT2D eigenvalue weighted by Crippen LogP contribution is -2.66. The average molecular weight is 556 g/mol. The number of nitriles is 1. The number of hydrogen-bond acceptors (Lipinski definition) is 5. The molecule has 0 radical (unpaired) electrons. The number of ketones is 2. The Morgan fingerprint density at radius 1 is 1.02 bits per heavy atom. The zero-order valence-electron chi connectivity index (χ0n) is 26.1. The summed E-state index contributed by atoms with van der Waals surface area (Å²) in [7, 11) is 0. The summed E-state index contributed by atoms with van der Waals surface area (Å²) >= 11 is 0. The van der Waals surface area contributed by atoms with E-state index in [1.54, 1.807) is 10.9 Å².